The lowest BCUT2D eigenvalue weighted by Crippen LogP contribution is -2.41. The molecule has 1 aliphatic heterocycles. The smallest absolute Gasteiger partial charge is 0.151 e. The normalized spacial score (nSPS) is 23.4. The predicted molar refractivity (Wildman–Crippen MR) is 87.4 cm³/mol. The third-order valence-electron chi connectivity index (χ3n) is 3.56. The van der Waals surface area contributed by atoms with Crippen molar-refractivity contribution in [3.05, 3.63) is 34.9 Å². The lowest BCUT2D eigenvalue weighted by molar-refractivity contribution is 0.482. The molecular weight excluding hydrogens is 314 g/mol. The van der Waals surface area contributed by atoms with Crippen molar-refractivity contribution in [1.82, 2.24) is 5.32 Å². The van der Waals surface area contributed by atoms with Crippen molar-refractivity contribution < 1.29 is 8.42 Å². The van der Waals surface area contributed by atoms with E-state index in [0.717, 1.165) is 24.4 Å². The van der Waals surface area contributed by atoms with Crippen LogP contribution in [0.15, 0.2) is 24.3 Å². The fourth-order valence-electron chi connectivity index (χ4n) is 2.50. The van der Waals surface area contributed by atoms with Gasteiger partial charge in [0.2, 0.25) is 0 Å². The highest BCUT2D eigenvalue weighted by atomic mass is 35.5. The van der Waals surface area contributed by atoms with Gasteiger partial charge in [0.1, 0.15) is 0 Å². The minimum atomic E-state index is -2.85. The first-order valence-corrected chi connectivity index (χ1v) is 10.2. The average Bonchev–Trinajstić information content (AvgIpc) is 2.38. The Morgan fingerprint density at radius 3 is 2.95 bits per heavy atom. The fourth-order valence-corrected chi connectivity index (χ4v) is 5.05. The first kappa shape index (κ1) is 16.1. The average molecular weight is 334 g/mol. The molecule has 0 bridgehead atoms. The summed E-state index contributed by atoms with van der Waals surface area (Å²) in [5.74, 6) is 0.606. The molecule has 1 fully saturated rings. The Balaban J connectivity index is 1.94. The monoisotopic (exact) mass is 333 g/mol. The Bertz CT molecular complexity index is 548. The van der Waals surface area contributed by atoms with E-state index < -0.39 is 9.84 Å². The van der Waals surface area contributed by atoms with Crippen molar-refractivity contribution in [2.75, 3.05) is 24.3 Å². The van der Waals surface area contributed by atoms with Crippen LogP contribution in [-0.4, -0.2) is 38.8 Å². The van der Waals surface area contributed by atoms with E-state index in [2.05, 4.69) is 17.6 Å². The van der Waals surface area contributed by atoms with Gasteiger partial charge in [-0.1, -0.05) is 23.7 Å². The van der Waals surface area contributed by atoms with Gasteiger partial charge in [-0.2, -0.15) is 11.8 Å². The number of thioether (sulfide) groups is 1. The molecule has 1 aliphatic rings. The van der Waals surface area contributed by atoms with Gasteiger partial charge in [-0.25, -0.2) is 8.42 Å². The van der Waals surface area contributed by atoms with Crippen molar-refractivity contribution in [3.8, 4) is 0 Å². The molecule has 20 heavy (non-hydrogen) atoms. The van der Waals surface area contributed by atoms with Gasteiger partial charge in [0.25, 0.3) is 0 Å². The van der Waals surface area contributed by atoms with Crippen LogP contribution in [0.5, 0.6) is 0 Å². The number of benzene rings is 1. The van der Waals surface area contributed by atoms with Crippen molar-refractivity contribution in [3.63, 3.8) is 0 Å². The number of halogens is 1. The standard InChI is InChI=1S/C14H20ClNO2S2/c1-19-14(11-4-2-5-12(15)8-11)9-16-13-6-3-7-20(17,18)10-13/h2,4-5,8,13-14,16H,3,6-7,9-10H2,1H3/t13-,14-/m0/s1. The summed E-state index contributed by atoms with van der Waals surface area (Å²) in [4.78, 5) is 0. The summed E-state index contributed by atoms with van der Waals surface area (Å²) in [7, 11) is -2.85. The first-order chi connectivity index (χ1) is 9.50. The largest absolute Gasteiger partial charge is 0.312 e. The van der Waals surface area contributed by atoms with Gasteiger partial charge in [0, 0.05) is 22.9 Å². The second-order valence-electron chi connectivity index (χ2n) is 5.14. The molecule has 2 rings (SSSR count). The molecule has 1 aromatic carbocycles. The van der Waals surface area contributed by atoms with E-state index in [9.17, 15) is 8.42 Å². The summed E-state index contributed by atoms with van der Waals surface area (Å²) in [6, 6.07) is 7.94. The van der Waals surface area contributed by atoms with Crippen molar-refractivity contribution in [2.45, 2.75) is 24.1 Å². The molecule has 0 saturated carbocycles. The van der Waals surface area contributed by atoms with Gasteiger partial charge in [-0.15, -0.1) is 0 Å². The van der Waals surface area contributed by atoms with Gasteiger partial charge in [-0.05, 0) is 36.8 Å². The lowest BCUT2D eigenvalue weighted by atomic mass is 10.1. The topological polar surface area (TPSA) is 46.2 Å². The Kier molecular flexibility index (Phi) is 5.78. The minimum Gasteiger partial charge on any atom is -0.312 e. The molecule has 2 atom stereocenters. The highest BCUT2D eigenvalue weighted by molar-refractivity contribution is 7.98. The SMILES string of the molecule is CS[C@@H](CN[C@H]1CCCS(=O)(=O)C1)c1cccc(Cl)c1. The fraction of sp³-hybridized carbons (Fsp3) is 0.571. The van der Waals surface area contributed by atoms with E-state index >= 15 is 0 Å². The maximum Gasteiger partial charge on any atom is 0.151 e. The summed E-state index contributed by atoms with van der Waals surface area (Å²) in [6.07, 6.45) is 3.77. The summed E-state index contributed by atoms with van der Waals surface area (Å²) >= 11 is 7.77. The van der Waals surface area contributed by atoms with Crippen LogP contribution in [0, 0.1) is 0 Å². The van der Waals surface area contributed by atoms with Gasteiger partial charge in [-0.3, -0.25) is 0 Å². The lowest BCUT2D eigenvalue weighted by Gasteiger charge is -2.25. The third kappa shape index (κ3) is 4.65. The van der Waals surface area contributed by atoms with Crippen LogP contribution in [-0.2, 0) is 9.84 Å². The molecule has 0 aromatic heterocycles. The van der Waals surface area contributed by atoms with Crippen LogP contribution in [0.2, 0.25) is 5.02 Å². The van der Waals surface area contributed by atoms with Crippen molar-refractivity contribution in [1.29, 1.82) is 0 Å². The summed E-state index contributed by atoms with van der Waals surface area (Å²) in [5, 5.41) is 4.43. The second kappa shape index (κ2) is 7.16. The zero-order chi connectivity index (χ0) is 14.6. The summed E-state index contributed by atoms with van der Waals surface area (Å²) in [6.45, 7) is 0.766. The van der Waals surface area contributed by atoms with E-state index in [1.807, 2.05) is 18.2 Å². The van der Waals surface area contributed by atoms with Gasteiger partial charge < -0.3 is 5.32 Å². The first-order valence-electron chi connectivity index (χ1n) is 6.72. The molecule has 6 heteroatoms. The molecule has 0 unspecified atom stereocenters. The van der Waals surface area contributed by atoms with Crippen LogP contribution < -0.4 is 5.32 Å². The molecule has 0 spiro atoms. The zero-order valence-electron chi connectivity index (χ0n) is 11.5. The zero-order valence-corrected chi connectivity index (χ0v) is 13.9. The third-order valence-corrected chi connectivity index (χ3v) is 6.62. The van der Waals surface area contributed by atoms with E-state index in [-0.39, 0.29) is 11.8 Å². The molecule has 1 aromatic rings. The van der Waals surface area contributed by atoms with Crippen LogP contribution >= 0.6 is 23.4 Å². The number of hydrogen-bond donors (Lipinski definition) is 1. The minimum absolute atomic E-state index is 0.0857. The number of sulfone groups is 1. The molecular formula is C14H20ClNO2S2. The Hall–Kier alpha value is -0.230. The Morgan fingerprint density at radius 1 is 1.50 bits per heavy atom. The number of nitrogens with one attached hydrogen (secondary N) is 1. The van der Waals surface area contributed by atoms with Crippen LogP contribution in [0.25, 0.3) is 0 Å². The molecule has 112 valence electrons. The molecule has 0 aliphatic carbocycles. The molecule has 3 nitrogen and oxygen atoms in total. The maximum atomic E-state index is 11.6. The number of rotatable bonds is 5. The molecule has 1 heterocycles. The highest BCUT2D eigenvalue weighted by Crippen LogP contribution is 2.28. The maximum absolute atomic E-state index is 11.6. The second-order valence-corrected chi connectivity index (χ2v) is 8.85. The van der Waals surface area contributed by atoms with E-state index in [1.165, 1.54) is 5.56 Å². The summed E-state index contributed by atoms with van der Waals surface area (Å²) in [5.41, 5.74) is 1.18. The van der Waals surface area contributed by atoms with E-state index in [0.29, 0.717) is 11.0 Å². The van der Waals surface area contributed by atoms with E-state index in [4.69, 9.17) is 11.6 Å². The van der Waals surface area contributed by atoms with Crippen molar-refractivity contribution in [2.24, 2.45) is 0 Å². The van der Waals surface area contributed by atoms with Crippen LogP contribution in [0.4, 0.5) is 0 Å². The van der Waals surface area contributed by atoms with Gasteiger partial charge in [0.05, 0.1) is 11.5 Å². The van der Waals surface area contributed by atoms with Gasteiger partial charge >= 0.3 is 0 Å². The molecule has 1 saturated heterocycles. The van der Waals surface area contributed by atoms with Gasteiger partial charge in [0.15, 0.2) is 9.84 Å². The van der Waals surface area contributed by atoms with Crippen molar-refractivity contribution >= 4 is 33.2 Å². The highest BCUT2D eigenvalue weighted by Gasteiger charge is 2.25. The Morgan fingerprint density at radius 2 is 2.30 bits per heavy atom. The quantitative estimate of drug-likeness (QED) is 0.900. The van der Waals surface area contributed by atoms with Crippen LogP contribution in [0.1, 0.15) is 23.7 Å². The molecule has 0 amide bonds. The number of hydrogen-bond acceptors (Lipinski definition) is 4. The molecule has 0 radical (unpaired) electrons. The summed E-state index contributed by atoms with van der Waals surface area (Å²) < 4.78 is 23.3. The molecule has 1 N–H and O–H groups in total. The van der Waals surface area contributed by atoms with E-state index in [1.54, 1.807) is 11.8 Å². The predicted octanol–water partition coefficient (Wildman–Crippen LogP) is 2.91. The Labute approximate surface area is 130 Å². The van der Waals surface area contributed by atoms with Crippen LogP contribution in [0.3, 0.4) is 0 Å².